The molecule has 2 fully saturated rings. The molecule has 16 heteroatoms. The van der Waals surface area contributed by atoms with Crippen LogP contribution in [0.3, 0.4) is 0 Å². The van der Waals surface area contributed by atoms with Crippen molar-refractivity contribution in [1.82, 2.24) is 28.7 Å². The number of aromatic nitrogens is 3. The molecule has 0 amide bonds. The summed E-state index contributed by atoms with van der Waals surface area (Å²) in [5, 5.41) is 6.46. The number of aliphatic imine (C=N–C) groups is 1. The van der Waals surface area contributed by atoms with E-state index in [0.717, 1.165) is 16.6 Å². The van der Waals surface area contributed by atoms with Crippen molar-refractivity contribution in [3.63, 3.8) is 0 Å². The van der Waals surface area contributed by atoms with E-state index in [9.17, 15) is 26.0 Å². The molecule has 40 heavy (non-hydrogen) atoms. The van der Waals surface area contributed by atoms with E-state index >= 15 is 0 Å². The summed E-state index contributed by atoms with van der Waals surface area (Å²) in [5.41, 5.74) is 1.62. The fraction of sp³-hybridized carbons (Fsp3) is 0.375. The molecule has 3 atom stereocenters. The van der Waals surface area contributed by atoms with Gasteiger partial charge in [0.15, 0.2) is 10.8 Å². The van der Waals surface area contributed by atoms with Crippen LogP contribution in [-0.4, -0.2) is 70.1 Å². The maximum Gasteiger partial charge on any atom is 0.333 e. The van der Waals surface area contributed by atoms with Crippen LogP contribution in [0.25, 0.3) is 5.57 Å². The molecule has 5 heterocycles. The lowest BCUT2D eigenvalue weighted by molar-refractivity contribution is 0.0564. The van der Waals surface area contributed by atoms with Gasteiger partial charge in [-0.1, -0.05) is 17.7 Å². The van der Waals surface area contributed by atoms with Crippen LogP contribution in [0.4, 0.5) is 17.6 Å². The van der Waals surface area contributed by atoms with Crippen molar-refractivity contribution >= 4 is 44.6 Å². The third-order valence-electron chi connectivity index (χ3n) is 6.97. The molecule has 3 aromatic rings. The Morgan fingerprint density at radius 3 is 2.67 bits per heavy atom. The molecule has 2 saturated heterocycles. The summed E-state index contributed by atoms with van der Waals surface area (Å²) in [4.78, 5) is 11.1. The van der Waals surface area contributed by atoms with Gasteiger partial charge in [-0.25, -0.2) is 18.4 Å². The number of nitrogens with zero attached hydrogens (tertiary/aromatic N) is 6. The monoisotopic (exact) mass is 615 g/mol. The summed E-state index contributed by atoms with van der Waals surface area (Å²) in [5.74, 6) is -0.126. The summed E-state index contributed by atoms with van der Waals surface area (Å²) in [6.45, 7) is -2.88. The number of fused-ring (bicyclic) bond motifs is 1. The first-order valence-corrected chi connectivity index (χ1v) is 15.0. The Labute approximate surface area is 236 Å². The molecular weight excluding hydrogens is 594 g/mol. The zero-order valence-electron chi connectivity index (χ0n) is 20.6. The Hall–Kier alpha value is -2.85. The summed E-state index contributed by atoms with van der Waals surface area (Å²) < 4.78 is 85.1. The highest BCUT2D eigenvalue weighted by Crippen LogP contribution is 2.46. The van der Waals surface area contributed by atoms with Crippen molar-refractivity contribution in [1.29, 1.82) is 0 Å². The summed E-state index contributed by atoms with van der Waals surface area (Å²) in [6.07, 6.45) is 1.79. The van der Waals surface area contributed by atoms with Crippen LogP contribution in [0.1, 0.15) is 41.7 Å². The van der Waals surface area contributed by atoms with Gasteiger partial charge in [-0.05, 0) is 24.6 Å². The second-order valence-electron chi connectivity index (χ2n) is 9.56. The van der Waals surface area contributed by atoms with Crippen molar-refractivity contribution in [2.75, 3.05) is 19.6 Å². The molecule has 1 N–H and O–H groups in total. The molecule has 2 aromatic heterocycles. The number of hydrogen-bond donors (Lipinski definition) is 1. The standard InChI is InChI=1S/C24H22ClF4N7O2S2/c25-17-9-13(26)1-2-16(17)21-20(18-4-7-36(32-18)24(28)29)19-10-15(33-40(37,38)34-6-3-14(27)11-34)12-35(19)22(31-21)23-30-5-8-39-23/h1-2,4-5,7-9,14-15,21,24,33H,3,6,10-12H2/t14-,15-,21-/m0/s1. The number of thiazole rings is 1. The Kier molecular flexibility index (Phi) is 7.19. The van der Waals surface area contributed by atoms with Crippen LogP contribution in [0.2, 0.25) is 5.02 Å². The number of amidine groups is 1. The lowest BCUT2D eigenvalue weighted by Gasteiger charge is -2.32. The SMILES string of the molecule is O=S(=O)(N[C@H]1CC2=C(c3ccn(C(F)F)n3)[C@H](c3ccc(F)cc3Cl)N=C(c3nccs3)N2C1)N1CC[C@H](F)C1. The van der Waals surface area contributed by atoms with Crippen LogP contribution in [0.5, 0.6) is 0 Å². The normalized spacial score (nSPS) is 23.8. The summed E-state index contributed by atoms with van der Waals surface area (Å²) >= 11 is 7.77. The second kappa shape index (κ2) is 10.5. The van der Waals surface area contributed by atoms with Crippen LogP contribution >= 0.6 is 22.9 Å². The summed E-state index contributed by atoms with van der Waals surface area (Å²) in [6, 6.07) is 3.73. The second-order valence-corrected chi connectivity index (χ2v) is 12.6. The average Bonchev–Trinajstić information content (AvgIpc) is 3.69. The van der Waals surface area contributed by atoms with Gasteiger partial charge in [-0.15, -0.1) is 11.3 Å². The van der Waals surface area contributed by atoms with Gasteiger partial charge in [0.1, 0.15) is 18.0 Å². The highest BCUT2D eigenvalue weighted by molar-refractivity contribution is 7.87. The minimum Gasteiger partial charge on any atom is -0.326 e. The molecule has 0 unspecified atom stereocenters. The quantitative estimate of drug-likeness (QED) is 0.398. The molecule has 6 rings (SSSR count). The predicted molar refractivity (Wildman–Crippen MR) is 141 cm³/mol. The number of alkyl halides is 3. The smallest absolute Gasteiger partial charge is 0.326 e. The number of halogens is 5. The Morgan fingerprint density at radius 1 is 1.20 bits per heavy atom. The molecule has 0 bridgehead atoms. The van der Waals surface area contributed by atoms with E-state index in [-0.39, 0.29) is 43.2 Å². The maximum absolute atomic E-state index is 14.0. The van der Waals surface area contributed by atoms with E-state index in [4.69, 9.17) is 16.6 Å². The topological polar surface area (TPSA) is 95.7 Å². The fourth-order valence-electron chi connectivity index (χ4n) is 5.22. The van der Waals surface area contributed by atoms with Crippen molar-refractivity contribution < 1.29 is 26.0 Å². The zero-order valence-corrected chi connectivity index (χ0v) is 23.0. The number of nitrogens with one attached hydrogen (secondary N) is 1. The van der Waals surface area contributed by atoms with Crippen LogP contribution in [-0.2, 0) is 10.2 Å². The zero-order chi connectivity index (χ0) is 28.2. The molecule has 0 spiro atoms. The van der Waals surface area contributed by atoms with E-state index in [1.807, 2.05) is 0 Å². The lowest BCUT2D eigenvalue weighted by Crippen LogP contribution is -2.46. The highest BCUT2D eigenvalue weighted by atomic mass is 35.5. The minimum absolute atomic E-state index is 0.0723. The van der Waals surface area contributed by atoms with E-state index < -0.39 is 40.8 Å². The first-order valence-electron chi connectivity index (χ1n) is 12.3. The molecule has 1 aromatic carbocycles. The van der Waals surface area contributed by atoms with E-state index in [1.54, 1.807) is 16.5 Å². The number of hydrogen-bond acceptors (Lipinski definition) is 7. The van der Waals surface area contributed by atoms with Gasteiger partial charge in [-0.3, -0.25) is 4.99 Å². The van der Waals surface area contributed by atoms with Crippen LogP contribution in [0, 0.1) is 5.82 Å². The Bertz CT molecular complexity index is 1600. The first kappa shape index (κ1) is 27.3. The Balaban J connectivity index is 1.47. The van der Waals surface area contributed by atoms with Crippen LogP contribution < -0.4 is 4.72 Å². The van der Waals surface area contributed by atoms with Crippen molar-refractivity contribution in [2.45, 2.75) is 37.6 Å². The van der Waals surface area contributed by atoms with Gasteiger partial charge in [0, 0.05) is 71.7 Å². The number of rotatable bonds is 7. The molecule has 0 aliphatic carbocycles. The molecule has 0 saturated carbocycles. The molecule has 3 aliphatic heterocycles. The van der Waals surface area contributed by atoms with Gasteiger partial charge in [0.25, 0.3) is 10.2 Å². The third-order valence-corrected chi connectivity index (χ3v) is 9.71. The molecule has 9 nitrogen and oxygen atoms in total. The molecular formula is C24H22ClF4N7O2S2. The maximum atomic E-state index is 14.0. The van der Waals surface area contributed by atoms with Crippen molar-refractivity contribution in [3.05, 3.63) is 74.8 Å². The first-order chi connectivity index (χ1) is 19.1. The average molecular weight is 616 g/mol. The van der Waals surface area contributed by atoms with Gasteiger partial charge in [-0.2, -0.15) is 31.3 Å². The fourth-order valence-corrected chi connectivity index (χ4v) is 7.57. The largest absolute Gasteiger partial charge is 0.333 e. The highest BCUT2D eigenvalue weighted by Gasteiger charge is 2.43. The number of benzene rings is 1. The lowest BCUT2D eigenvalue weighted by atomic mass is 9.92. The molecule has 0 radical (unpaired) electrons. The van der Waals surface area contributed by atoms with E-state index in [2.05, 4.69) is 14.8 Å². The molecule has 212 valence electrons. The Morgan fingerprint density at radius 2 is 2.02 bits per heavy atom. The molecule has 3 aliphatic rings. The third kappa shape index (κ3) is 5.04. The predicted octanol–water partition coefficient (Wildman–Crippen LogP) is 4.39. The van der Waals surface area contributed by atoms with Crippen molar-refractivity contribution in [3.8, 4) is 0 Å². The van der Waals surface area contributed by atoms with E-state index in [1.165, 1.54) is 29.5 Å². The van der Waals surface area contributed by atoms with E-state index in [0.29, 0.717) is 32.4 Å². The van der Waals surface area contributed by atoms with Crippen molar-refractivity contribution in [2.24, 2.45) is 4.99 Å². The van der Waals surface area contributed by atoms with Gasteiger partial charge < -0.3 is 4.90 Å². The van der Waals surface area contributed by atoms with Gasteiger partial charge in [0.05, 0.1) is 5.69 Å². The van der Waals surface area contributed by atoms with Gasteiger partial charge >= 0.3 is 6.55 Å². The summed E-state index contributed by atoms with van der Waals surface area (Å²) in [7, 11) is -4.00. The minimum atomic E-state index is -4.00. The van der Waals surface area contributed by atoms with Gasteiger partial charge in [0.2, 0.25) is 0 Å². The van der Waals surface area contributed by atoms with Crippen LogP contribution in [0.15, 0.2) is 52.7 Å².